The monoisotopic (exact) mass is 233 g/mol. The molecule has 0 bridgehead atoms. The van der Waals surface area contributed by atoms with E-state index in [9.17, 15) is 0 Å². The van der Waals surface area contributed by atoms with E-state index in [1.54, 1.807) is 6.92 Å². The minimum absolute atomic E-state index is 0.322. The Morgan fingerprint density at radius 1 is 1.53 bits per heavy atom. The highest BCUT2D eigenvalue weighted by Crippen LogP contribution is 2.11. The van der Waals surface area contributed by atoms with Crippen LogP contribution in [0.4, 0.5) is 6.01 Å². The van der Waals surface area contributed by atoms with Crippen molar-refractivity contribution in [3.63, 3.8) is 0 Å². The normalized spacial score (nSPS) is 12.8. The average Bonchev–Trinajstić information content (AvgIpc) is 2.63. The molecule has 0 aromatic carbocycles. The number of anilines is 1. The summed E-state index contributed by atoms with van der Waals surface area (Å²) in [5.41, 5.74) is 0. The predicted molar refractivity (Wildman–Crippen MR) is 58.3 cm³/mol. The predicted octanol–water partition coefficient (Wildman–Crippen LogP) is 1.06. The number of rotatable bonds is 6. The summed E-state index contributed by atoms with van der Waals surface area (Å²) in [6, 6.07) is 0.468. The molecule has 0 spiro atoms. The van der Waals surface area contributed by atoms with E-state index in [1.807, 2.05) is 11.9 Å². The van der Waals surface area contributed by atoms with Gasteiger partial charge in [0.05, 0.1) is 6.10 Å². The van der Waals surface area contributed by atoms with E-state index in [4.69, 9.17) is 21.1 Å². The molecule has 1 atom stereocenters. The van der Waals surface area contributed by atoms with Gasteiger partial charge in [-0.1, -0.05) is 5.10 Å². The van der Waals surface area contributed by atoms with Gasteiger partial charge in [0.1, 0.15) is 0 Å². The molecule has 1 aromatic rings. The zero-order valence-electron chi connectivity index (χ0n) is 8.98. The third-order valence-electron chi connectivity index (χ3n) is 1.97. The Balaban J connectivity index is 2.46. The van der Waals surface area contributed by atoms with E-state index >= 15 is 0 Å². The fourth-order valence-corrected chi connectivity index (χ4v) is 1.22. The topological polar surface area (TPSA) is 62.4 Å². The number of aromatic nitrogens is 2. The summed E-state index contributed by atoms with van der Waals surface area (Å²) >= 11 is 5.55. The summed E-state index contributed by atoms with van der Waals surface area (Å²) in [7, 11) is 1.85. The summed E-state index contributed by atoms with van der Waals surface area (Å²) in [6.45, 7) is 2.43. The molecule has 86 valence electrons. The Morgan fingerprint density at radius 2 is 2.27 bits per heavy atom. The van der Waals surface area contributed by atoms with E-state index < -0.39 is 0 Å². The van der Waals surface area contributed by atoms with Gasteiger partial charge in [-0.05, 0) is 13.3 Å². The van der Waals surface area contributed by atoms with Crippen LogP contribution in [-0.2, 0) is 6.42 Å². The van der Waals surface area contributed by atoms with Gasteiger partial charge in [-0.15, -0.1) is 16.7 Å². The minimum atomic E-state index is -0.322. The SMILES string of the molecule is CC(O)CCN(C)c1nnc(CCCl)o1. The summed E-state index contributed by atoms with van der Waals surface area (Å²) in [5, 5.41) is 16.9. The number of hydrogen-bond donors (Lipinski definition) is 1. The van der Waals surface area contributed by atoms with Gasteiger partial charge < -0.3 is 14.4 Å². The molecule has 1 unspecified atom stereocenters. The van der Waals surface area contributed by atoms with Crippen LogP contribution in [0, 0.1) is 0 Å². The molecule has 0 amide bonds. The second-order valence-electron chi connectivity index (χ2n) is 3.48. The highest BCUT2D eigenvalue weighted by Gasteiger charge is 2.10. The molecule has 5 nitrogen and oxygen atoms in total. The maximum absolute atomic E-state index is 9.13. The van der Waals surface area contributed by atoms with Gasteiger partial charge in [0.25, 0.3) is 0 Å². The lowest BCUT2D eigenvalue weighted by Crippen LogP contribution is -2.22. The second-order valence-corrected chi connectivity index (χ2v) is 3.85. The molecule has 15 heavy (non-hydrogen) atoms. The Kier molecular flexibility index (Phi) is 4.84. The van der Waals surface area contributed by atoms with Crippen molar-refractivity contribution < 1.29 is 9.52 Å². The van der Waals surface area contributed by atoms with E-state index in [2.05, 4.69) is 10.2 Å². The van der Waals surface area contributed by atoms with Crippen molar-refractivity contribution in [2.75, 3.05) is 24.4 Å². The zero-order chi connectivity index (χ0) is 11.3. The largest absolute Gasteiger partial charge is 0.408 e. The number of aliphatic hydroxyl groups is 1. The Labute approximate surface area is 94.0 Å². The molecule has 6 heteroatoms. The van der Waals surface area contributed by atoms with Crippen molar-refractivity contribution >= 4 is 17.6 Å². The van der Waals surface area contributed by atoms with Gasteiger partial charge in [-0.2, -0.15) is 0 Å². The van der Waals surface area contributed by atoms with E-state index in [0.717, 1.165) is 0 Å². The Hall–Kier alpha value is -0.810. The molecule has 0 saturated carbocycles. The van der Waals surface area contributed by atoms with Crippen molar-refractivity contribution in [1.82, 2.24) is 10.2 Å². The average molecular weight is 234 g/mol. The fourth-order valence-electron chi connectivity index (χ4n) is 1.06. The van der Waals surface area contributed by atoms with Gasteiger partial charge in [0, 0.05) is 25.9 Å². The first kappa shape index (κ1) is 12.3. The van der Waals surface area contributed by atoms with Crippen molar-refractivity contribution in [2.24, 2.45) is 0 Å². The quantitative estimate of drug-likeness (QED) is 0.745. The third kappa shape index (κ3) is 4.05. The van der Waals surface area contributed by atoms with Crippen LogP contribution in [0.25, 0.3) is 0 Å². The molecule has 0 aliphatic heterocycles. The van der Waals surface area contributed by atoms with Crippen LogP contribution < -0.4 is 4.90 Å². The Bertz CT molecular complexity index is 291. The highest BCUT2D eigenvalue weighted by molar-refractivity contribution is 6.17. The highest BCUT2D eigenvalue weighted by atomic mass is 35.5. The first-order chi connectivity index (χ1) is 7.13. The third-order valence-corrected chi connectivity index (χ3v) is 2.16. The first-order valence-corrected chi connectivity index (χ1v) is 5.44. The molecular weight excluding hydrogens is 218 g/mol. The number of aryl methyl sites for hydroxylation is 1. The second kappa shape index (κ2) is 5.92. The summed E-state index contributed by atoms with van der Waals surface area (Å²) in [4.78, 5) is 1.82. The van der Waals surface area contributed by atoms with Crippen molar-refractivity contribution in [1.29, 1.82) is 0 Å². The maximum atomic E-state index is 9.13. The summed E-state index contributed by atoms with van der Waals surface area (Å²) in [5.74, 6) is 1.02. The maximum Gasteiger partial charge on any atom is 0.317 e. The van der Waals surface area contributed by atoms with Gasteiger partial charge >= 0.3 is 6.01 Å². The van der Waals surface area contributed by atoms with E-state index in [1.165, 1.54) is 0 Å². The standard InChI is InChI=1S/C9H16ClN3O2/c1-7(14)4-6-13(2)9-12-11-8(15-9)3-5-10/h7,14H,3-6H2,1-2H3. The lowest BCUT2D eigenvalue weighted by molar-refractivity contribution is 0.186. The van der Waals surface area contributed by atoms with Gasteiger partial charge in [0.15, 0.2) is 0 Å². The molecular formula is C9H16ClN3O2. The minimum Gasteiger partial charge on any atom is -0.408 e. The van der Waals surface area contributed by atoms with Crippen LogP contribution in [0.3, 0.4) is 0 Å². The number of hydrogen-bond acceptors (Lipinski definition) is 5. The molecule has 0 aliphatic carbocycles. The van der Waals surface area contributed by atoms with Gasteiger partial charge in [-0.25, -0.2) is 0 Å². The van der Waals surface area contributed by atoms with Gasteiger partial charge in [0.2, 0.25) is 5.89 Å². The van der Waals surface area contributed by atoms with Crippen LogP contribution in [0.5, 0.6) is 0 Å². The van der Waals surface area contributed by atoms with Crippen LogP contribution in [0.1, 0.15) is 19.2 Å². The number of alkyl halides is 1. The lowest BCUT2D eigenvalue weighted by atomic mass is 10.3. The van der Waals surface area contributed by atoms with Crippen LogP contribution in [-0.4, -0.2) is 40.9 Å². The van der Waals surface area contributed by atoms with Gasteiger partial charge in [-0.3, -0.25) is 0 Å². The number of aliphatic hydroxyl groups excluding tert-OH is 1. The molecule has 1 aromatic heterocycles. The first-order valence-electron chi connectivity index (χ1n) is 4.91. The van der Waals surface area contributed by atoms with Crippen LogP contribution in [0.2, 0.25) is 0 Å². The van der Waals surface area contributed by atoms with Crippen LogP contribution in [0.15, 0.2) is 4.42 Å². The summed E-state index contributed by atoms with van der Waals surface area (Å²) < 4.78 is 5.36. The van der Waals surface area contributed by atoms with E-state index in [-0.39, 0.29) is 6.10 Å². The lowest BCUT2D eigenvalue weighted by Gasteiger charge is -2.14. The fraction of sp³-hybridized carbons (Fsp3) is 0.778. The molecule has 0 fully saturated rings. The zero-order valence-corrected chi connectivity index (χ0v) is 9.74. The molecule has 0 aliphatic rings. The van der Waals surface area contributed by atoms with Crippen molar-refractivity contribution in [3.05, 3.63) is 5.89 Å². The summed E-state index contributed by atoms with van der Waals surface area (Å²) in [6.07, 6.45) is 0.931. The Morgan fingerprint density at radius 3 is 2.87 bits per heavy atom. The molecule has 0 saturated heterocycles. The molecule has 1 rings (SSSR count). The molecule has 1 heterocycles. The smallest absolute Gasteiger partial charge is 0.317 e. The molecule has 1 N–H and O–H groups in total. The van der Waals surface area contributed by atoms with Crippen LogP contribution >= 0.6 is 11.6 Å². The van der Waals surface area contributed by atoms with E-state index in [0.29, 0.717) is 37.2 Å². The van der Waals surface area contributed by atoms with Crippen molar-refractivity contribution in [2.45, 2.75) is 25.9 Å². The number of halogens is 1. The molecule has 0 radical (unpaired) electrons. The van der Waals surface area contributed by atoms with Crippen molar-refractivity contribution in [3.8, 4) is 0 Å². The number of nitrogens with zero attached hydrogens (tertiary/aromatic N) is 3.